The van der Waals surface area contributed by atoms with Crippen molar-refractivity contribution >= 4 is 17.4 Å². The Morgan fingerprint density at radius 3 is 2.56 bits per heavy atom. The summed E-state index contributed by atoms with van der Waals surface area (Å²) in [6.45, 7) is 5.95. The highest BCUT2D eigenvalue weighted by Crippen LogP contribution is 2.20. The topological polar surface area (TPSA) is 39.6 Å². The van der Waals surface area contributed by atoms with Crippen LogP contribution in [0.15, 0.2) is 12.1 Å². The van der Waals surface area contributed by atoms with E-state index in [2.05, 4.69) is 42.7 Å². The van der Waals surface area contributed by atoms with Crippen LogP contribution in [0.4, 0.5) is 5.82 Å². The Morgan fingerprint density at radius 2 is 2.06 bits per heavy atom. The van der Waals surface area contributed by atoms with Crippen LogP contribution in [0, 0.1) is 0 Å². The highest BCUT2D eigenvalue weighted by Gasteiger charge is 2.15. The largest absolute Gasteiger partial charge is 0.390 e. The fourth-order valence-corrected chi connectivity index (χ4v) is 2.24. The lowest BCUT2D eigenvalue weighted by Crippen LogP contribution is -2.40. The van der Waals surface area contributed by atoms with E-state index < -0.39 is 0 Å². The summed E-state index contributed by atoms with van der Waals surface area (Å²) in [5.74, 6) is 0.861. The molecule has 5 heteroatoms. The van der Waals surface area contributed by atoms with Gasteiger partial charge in [0.25, 0.3) is 0 Å². The van der Waals surface area contributed by atoms with Crippen molar-refractivity contribution in [2.45, 2.75) is 26.5 Å². The zero-order valence-electron chi connectivity index (χ0n) is 11.5. The molecule has 102 valence electrons. The van der Waals surface area contributed by atoms with E-state index in [0.29, 0.717) is 16.8 Å². The molecule has 0 aliphatic heterocycles. The molecule has 1 aromatic heterocycles. The molecule has 0 fully saturated rings. The van der Waals surface area contributed by atoms with Gasteiger partial charge in [-0.15, -0.1) is 0 Å². The molecule has 0 bridgehead atoms. The van der Waals surface area contributed by atoms with Crippen molar-refractivity contribution in [3.63, 3.8) is 0 Å². The van der Waals surface area contributed by atoms with Gasteiger partial charge in [-0.25, -0.2) is 4.98 Å². The van der Waals surface area contributed by atoms with Crippen LogP contribution in [0.1, 0.15) is 19.5 Å². The van der Waals surface area contributed by atoms with E-state index in [-0.39, 0.29) is 6.61 Å². The van der Waals surface area contributed by atoms with Gasteiger partial charge in [0, 0.05) is 19.1 Å². The Hall–Kier alpha value is -0.840. The average molecular weight is 272 g/mol. The number of aliphatic hydroxyl groups excluding tert-OH is 1. The standard InChI is InChI=1S/C13H22ClN3O/c1-5-17(10(2)8-16(3)4)13-7-6-11(14)12(9-18)15-13/h6-7,10,18H,5,8-9H2,1-4H3. The number of likely N-dealkylation sites (N-methyl/N-ethyl adjacent to an activating group) is 2. The summed E-state index contributed by atoms with van der Waals surface area (Å²) in [6, 6.07) is 4.04. The number of hydrogen-bond donors (Lipinski definition) is 1. The van der Waals surface area contributed by atoms with Gasteiger partial charge in [0.15, 0.2) is 0 Å². The lowest BCUT2D eigenvalue weighted by Gasteiger charge is -2.31. The molecule has 0 aliphatic rings. The van der Waals surface area contributed by atoms with E-state index in [9.17, 15) is 5.11 Å². The Kier molecular flexibility index (Phi) is 5.85. The van der Waals surface area contributed by atoms with Crippen molar-refractivity contribution in [2.75, 3.05) is 32.1 Å². The third-order valence-electron chi connectivity index (χ3n) is 2.85. The summed E-state index contributed by atoms with van der Waals surface area (Å²) in [5, 5.41) is 9.72. The zero-order chi connectivity index (χ0) is 13.7. The van der Waals surface area contributed by atoms with Crippen molar-refractivity contribution in [3.05, 3.63) is 22.8 Å². The summed E-state index contributed by atoms with van der Waals surface area (Å²) in [5.41, 5.74) is 0.532. The highest BCUT2D eigenvalue weighted by molar-refractivity contribution is 6.31. The van der Waals surface area contributed by atoms with Crippen molar-refractivity contribution in [1.29, 1.82) is 0 Å². The monoisotopic (exact) mass is 271 g/mol. The Labute approximate surface area is 114 Å². The van der Waals surface area contributed by atoms with Crippen molar-refractivity contribution in [1.82, 2.24) is 9.88 Å². The first-order valence-electron chi connectivity index (χ1n) is 6.17. The Bertz CT molecular complexity index is 384. The minimum atomic E-state index is -0.133. The molecule has 1 rings (SSSR count). The SMILES string of the molecule is CCN(c1ccc(Cl)c(CO)n1)C(C)CN(C)C. The maximum absolute atomic E-state index is 9.21. The van der Waals surface area contributed by atoms with Crippen molar-refractivity contribution in [3.8, 4) is 0 Å². The van der Waals surface area contributed by atoms with E-state index >= 15 is 0 Å². The van der Waals surface area contributed by atoms with E-state index in [1.165, 1.54) is 0 Å². The molecule has 0 aromatic carbocycles. The Balaban J connectivity index is 2.94. The third-order valence-corrected chi connectivity index (χ3v) is 3.19. The van der Waals surface area contributed by atoms with E-state index in [4.69, 9.17) is 11.6 Å². The quantitative estimate of drug-likeness (QED) is 0.859. The zero-order valence-corrected chi connectivity index (χ0v) is 12.3. The normalized spacial score (nSPS) is 12.8. The molecule has 1 atom stereocenters. The number of nitrogens with zero attached hydrogens (tertiary/aromatic N) is 3. The predicted octanol–water partition coefficient (Wildman–Crippen LogP) is 2.00. The van der Waals surface area contributed by atoms with Gasteiger partial charge >= 0.3 is 0 Å². The molecule has 0 spiro atoms. The Morgan fingerprint density at radius 1 is 1.39 bits per heavy atom. The van der Waals surface area contributed by atoms with E-state index in [1.807, 2.05) is 6.07 Å². The fraction of sp³-hybridized carbons (Fsp3) is 0.615. The van der Waals surface area contributed by atoms with Gasteiger partial charge in [0.2, 0.25) is 0 Å². The average Bonchev–Trinajstić information content (AvgIpc) is 2.31. The molecule has 1 unspecified atom stereocenters. The van der Waals surface area contributed by atoms with Crippen LogP contribution in [0.2, 0.25) is 5.02 Å². The summed E-state index contributed by atoms with van der Waals surface area (Å²) in [6.07, 6.45) is 0. The van der Waals surface area contributed by atoms with Gasteiger partial charge in [-0.05, 0) is 40.1 Å². The molecule has 0 amide bonds. The molecule has 0 saturated heterocycles. The van der Waals surface area contributed by atoms with Gasteiger partial charge in [-0.2, -0.15) is 0 Å². The maximum atomic E-state index is 9.21. The number of pyridine rings is 1. The number of aromatic nitrogens is 1. The van der Waals surface area contributed by atoms with Crippen LogP contribution in [0.3, 0.4) is 0 Å². The molecule has 0 radical (unpaired) electrons. The van der Waals surface area contributed by atoms with Crippen LogP contribution >= 0.6 is 11.6 Å². The smallest absolute Gasteiger partial charge is 0.129 e. The van der Waals surface area contributed by atoms with Crippen LogP contribution in [0.25, 0.3) is 0 Å². The van der Waals surface area contributed by atoms with Gasteiger partial charge in [0.05, 0.1) is 17.3 Å². The summed E-state index contributed by atoms with van der Waals surface area (Å²) in [4.78, 5) is 8.77. The molecule has 1 N–H and O–H groups in total. The van der Waals surface area contributed by atoms with Crippen molar-refractivity contribution in [2.24, 2.45) is 0 Å². The molecular weight excluding hydrogens is 250 g/mol. The van der Waals surface area contributed by atoms with Gasteiger partial charge in [0.1, 0.15) is 5.82 Å². The molecule has 4 nitrogen and oxygen atoms in total. The molecule has 0 saturated carbocycles. The van der Waals surface area contributed by atoms with E-state index in [0.717, 1.165) is 18.9 Å². The minimum absolute atomic E-state index is 0.133. The molecule has 18 heavy (non-hydrogen) atoms. The van der Waals surface area contributed by atoms with Crippen molar-refractivity contribution < 1.29 is 5.11 Å². The number of aliphatic hydroxyl groups is 1. The second-order valence-electron chi connectivity index (χ2n) is 4.65. The number of hydrogen-bond acceptors (Lipinski definition) is 4. The fourth-order valence-electron chi connectivity index (χ4n) is 2.07. The maximum Gasteiger partial charge on any atom is 0.129 e. The second kappa shape index (κ2) is 6.92. The van der Waals surface area contributed by atoms with Gasteiger partial charge in [-0.1, -0.05) is 11.6 Å². The first-order valence-corrected chi connectivity index (χ1v) is 6.55. The lowest BCUT2D eigenvalue weighted by atomic mass is 10.2. The third kappa shape index (κ3) is 3.83. The van der Waals surface area contributed by atoms with Gasteiger partial charge < -0.3 is 14.9 Å². The molecular formula is C13H22ClN3O. The number of rotatable bonds is 6. The molecule has 1 heterocycles. The van der Waals surface area contributed by atoms with Crippen LogP contribution in [-0.2, 0) is 6.61 Å². The highest BCUT2D eigenvalue weighted by atomic mass is 35.5. The summed E-state index contributed by atoms with van der Waals surface area (Å²) in [7, 11) is 4.11. The molecule has 1 aromatic rings. The van der Waals surface area contributed by atoms with E-state index in [1.54, 1.807) is 6.07 Å². The number of anilines is 1. The first-order chi connectivity index (χ1) is 8.49. The second-order valence-corrected chi connectivity index (χ2v) is 5.06. The first kappa shape index (κ1) is 15.2. The van der Waals surface area contributed by atoms with Gasteiger partial charge in [-0.3, -0.25) is 0 Å². The van der Waals surface area contributed by atoms with Crippen LogP contribution in [-0.4, -0.2) is 48.2 Å². The lowest BCUT2D eigenvalue weighted by molar-refractivity contribution is 0.277. The van der Waals surface area contributed by atoms with Crippen LogP contribution < -0.4 is 4.90 Å². The van der Waals surface area contributed by atoms with Crippen LogP contribution in [0.5, 0.6) is 0 Å². The summed E-state index contributed by atoms with van der Waals surface area (Å²) < 4.78 is 0. The summed E-state index contributed by atoms with van der Waals surface area (Å²) >= 11 is 5.96. The predicted molar refractivity (Wildman–Crippen MR) is 76.2 cm³/mol. The number of halogens is 1. The minimum Gasteiger partial charge on any atom is -0.390 e. The molecule has 0 aliphatic carbocycles.